The molecule has 96 valence electrons. The van der Waals surface area contributed by atoms with Crippen LogP contribution in [-0.2, 0) is 6.42 Å². The van der Waals surface area contributed by atoms with Crippen LogP contribution in [0, 0.1) is 5.92 Å². The van der Waals surface area contributed by atoms with Gasteiger partial charge in [-0.15, -0.1) is 12.4 Å². The van der Waals surface area contributed by atoms with Gasteiger partial charge in [-0.2, -0.15) is 0 Å². The van der Waals surface area contributed by atoms with Gasteiger partial charge in [0.2, 0.25) is 0 Å². The van der Waals surface area contributed by atoms with E-state index >= 15 is 0 Å². The highest BCUT2D eigenvalue weighted by Crippen LogP contribution is 2.20. The SMILES string of the molecule is CC(C)c1ccc(CC2CCNCC2)cc1.Cl. The fraction of sp³-hybridized carbons (Fsp3) is 0.600. The molecule has 0 aromatic heterocycles. The lowest BCUT2D eigenvalue weighted by Crippen LogP contribution is -2.28. The van der Waals surface area contributed by atoms with Crippen LogP contribution in [0.3, 0.4) is 0 Å². The molecular weight excluding hydrogens is 230 g/mol. The molecule has 17 heavy (non-hydrogen) atoms. The molecule has 0 aliphatic carbocycles. The van der Waals surface area contributed by atoms with E-state index in [2.05, 4.69) is 43.4 Å². The fourth-order valence-corrected chi connectivity index (χ4v) is 2.46. The van der Waals surface area contributed by atoms with E-state index < -0.39 is 0 Å². The summed E-state index contributed by atoms with van der Waals surface area (Å²) in [5.41, 5.74) is 2.96. The molecule has 0 atom stereocenters. The standard InChI is InChI=1S/C15H23N.ClH/c1-12(2)15-5-3-13(4-6-15)11-14-7-9-16-10-8-14;/h3-6,12,14,16H,7-11H2,1-2H3;1H. The van der Waals surface area contributed by atoms with Crippen LogP contribution in [0.4, 0.5) is 0 Å². The summed E-state index contributed by atoms with van der Waals surface area (Å²) in [5, 5.41) is 3.42. The lowest BCUT2D eigenvalue weighted by atomic mass is 9.90. The first-order valence-corrected chi connectivity index (χ1v) is 6.55. The summed E-state index contributed by atoms with van der Waals surface area (Å²) < 4.78 is 0. The molecule has 1 heterocycles. The van der Waals surface area contributed by atoms with Crippen LogP contribution < -0.4 is 5.32 Å². The molecule has 1 aliphatic rings. The topological polar surface area (TPSA) is 12.0 Å². The van der Waals surface area contributed by atoms with E-state index in [1.165, 1.54) is 43.5 Å². The van der Waals surface area contributed by atoms with Crippen molar-refractivity contribution in [3.8, 4) is 0 Å². The van der Waals surface area contributed by atoms with Crippen molar-refractivity contribution in [1.82, 2.24) is 5.32 Å². The van der Waals surface area contributed by atoms with Crippen molar-refractivity contribution < 1.29 is 0 Å². The Kier molecular flexibility index (Phi) is 6.01. The smallest absolute Gasteiger partial charge is 0.00462 e. The highest BCUT2D eigenvalue weighted by atomic mass is 35.5. The van der Waals surface area contributed by atoms with Crippen LogP contribution in [0.2, 0.25) is 0 Å². The third kappa shape index (κ3) is 4.33. The van der Waals surface area contributed by atoms with Crippen LogP contribution in [0.5, 0.6) is 0 Å². The van der Waals surface area contributed by atoms with Gasteiger partial charge in [-0.3, -0.25) is 0 Å². The molecule has 0 spiro atoms. The Morgan fingerprint density at radius 2 is 1.71 bits per heavy atom. The summed E-state index contributed by atoms with van der Waals surface area (Å²) in [6.45, 7) is 6.91. The minimum atomic E-state index is 0. The molecule has 2 rings (SSSR count). The lowest BCUT2D eigenvalue weighted by Gasteiger charge is -2.22. The van der Waals surface area contributed by atoms with Gasteiger partial charge in [-0.25, -0.2) is 0 Å². The molecule has 0 amide bonds. The third-order valence-electron chi connectivity index (χ3n) is 3.63. The Morgan fingerprint density at radius 3 is 2.24 bits per heavy atom. The molecule has 1 nitrogen and oxygen atoms in total. The predicted molar refractivity (Wildman–Crippen MR) is 77.1 cm³/mol. The lowest BCUT2D eigenvalue weighted by molar-refractivity contribution is 0.372. The van der Waals surface area contributed by atoms with Crippen molar-refractivity contribution in [2.45, 2.75) is 39.0 Å². The van der Waals surface area contributed by atoms with Gasteiger partial charge in [0, 0.05) is 0 Å². The van der Waals surface area contributed by atoms with Crippen LogP contribution in [0.15, 0.2) is 24.3 Å². The Morgan fingerprint density at radius 1 is 1.12 bits per heavy atom. The molecule has 1 aromatic rings. The molecule has 1 aromatic carbocycles. The van der Waals surface area contributed by atoms with Crippen molar-refractivity contribution in [2.24, 2.45) is 5.92 Å². The van der Waals surface area contributed by atoms with Crippen LogP contribution in [-0.4, -0.2) is 13.1 Å². The highest BCUT2D eigenvalue weighted by molar-refractivity contribution is 5.85. The average Bonchev–Trinajstić information content (AvgIpc) is 2.31. The summed E-state index contributed by atoms with van der Waals surface area (Å²) >= 11 is 0. The molecule has 2 heteroatoms. The number of piperidine rings is 1. The molecule has 1 saturated heterocycles. The van der Waals surface area contributed by atoms with Crippen molar-refractivity contribution in [3.63, 3.8) is 0 Å². The zero-order valence-corrected chi connectivity index (χ0v) is 11.7. The fourth-order valence-electron chi connectivity index (χ4n) is 2.46. The molecular formula is C15H24ClN. The zero-order valence-electron chi connectivity index (χ0n) is 10.9. The van der Waals surface area contributed by atoms with E-state index in [1.54, 1.807) is 0 Å². The molecule has 0 bridgehead atoms. The first kappa shape index (κ1) is 14.5. The van der Waals surface area contributed by atoms with E-state index in [1.807, 2.05) is 0 Å². The number of benzene rings is 1. The first-order chi connectivity index (χ1) is 7.75. The van der Waals surface area contributed by atoms with E-state index in [0.717, 1.165) is 5.92 Å². The van der Waals surface area contributed by atoms with Crippen molar-refractivity contribution in [2.75, 3.05) is 13.1 Å². The van der Waals surface area contributed by atoms with Gasteiger partial charge < -0.3 is 5.32 Å². The number of nitrogens with one attached hydrogen (secondary N) is 1. The molecule has 1 fully saturated rings. The molecule has 0 radical (unpaired) electrons. The summed E-state index contributed by atoms with van der Waals surface area (Å²) in [7, 11) is 0. The minimum Gasteiger partial charge on any atom is -0.317 e. The maximum absolute atomic E-state index is 3.42. The second-order valence-electron chi connectivity index (χ2n) is 5.29. The largest absolute Gasteiger partial charge is 0.317 e. The number of hydrogen-bond donors (Lipinski definition) is 1. The van der Waals surface area contributed by atoms with E-state index in [4.69, 9.17) is 0 Å². The summed E-state index contributed by atoms with van der Waals surface area (Å²) in [4.78, 5) is 0. The quantitative estimate of drug-likeness (QED) is 0.865. The first-order valence-electron chi connectivity index (χ1n) is 6.55. The van der Waals surface area contributed by atoms with Gasteiger partial charge in [0.25, 0.3) is 0 Å². The normalized spacial score (nSPS) is 16.9. The Balaban J connectivity index is 0.00000144. The minimum absolute atomic E-state index is 0. The average molecular weight is 254 g/mol. The maximum Gasteiger partial charge on any atom is -0.00462 e. The molecule has 0 unspecified atom stereocenters. The molecule has 1 aliphatic heterocycles. The highest BCUT2D eigenvalue weighted by Gasteiger charge is 2.13. The van der Waals surface area contributed by atoms with Gasteiger partial charge in [-0.05, 0) is 55.3 Å². The summed E-state index contributed by atoms with van der Waals surface area (Å²) in [6, 6.07) is 9.22. The van der Waals surface area contributed by atoms with Gasteiger partial charge >= 0.3 is 0 Å². The van der Waals surface area contributed by atoms with Crippen LogP contribution >= 0.6 is 12.4 Å². The van der Waals surface area contributed by atoms with Crippen LogP contribution in [0.1, 0.15) is 43.7 Å². The monoisotopic (exact) mass is 253 g/mol. The summed E-state index contributed by atoms with van der Waals surface area (Å²) in [6.07, 6.45) is 3.94. The van der Waals surface area contributed by atoms with Gasteiger partial charge in [0.15, 0.2) is 0 Å². The maximum atomic E-state index is 3.42. The number of rotatable bonds is 3. The van der Waals surface area contributed by atoms with Gasteiger partial charge in [0.05, 0.1) is 0 Å². The van der Waals surface area contributed by atoms with Gasteiger partial charge in [0.1, 0.15) is 0 Å². The Hall–Kier alpha value is -0.530. The third-order valence-corrected chi connectivity index (χ3v) is 3.63. The summed E-state index contributed by atoms with van der Waals surface area (Å²) in [5.74, 6) is 1.54. The van der Waals surface area contributed by atoms with E-state index in [-0.39, 0.29) is 12.4 Å². The Bertz CT molecular complexity index is 312. The van der Waals surface area contributed by atoms with Gasteiger partial charge in [-0.1, -0.05) is 38.1 Å². The molecule has 1 N–H and O–H groups in total. The van der Waals surface area contributed by atoms with Crippen molar-refractivity contribution in [3.05, 3.63) is 35.4 Å². The van der Waals surface area contributed by atoms with Crippen LogP contribution in [0.25, 0.3) is 0 Å². The van der Waals surface area contributed by atoms with Crippen molar-refractivity contribution >= 4 is 12.4 Å². The second-order valence-corrected chi connectivity index (χ2v) is 5.29. The zero-order chi connectivity index (χ0) is 11.4. The number of halogens is 1. The Labute approximate surface area is 111 Å². The van der Waals surface area contributed by atoms with E-state index in [9.17, 15) is 0 Å². The predicted octanol–water partition coefficient (Wildman–Crippen LogP) is 3.77. The second kappa shape index (κ2) is 7.03. The van der Waals surface area contributed by atoms with Crippen molar-refractivity contribution in [1.29, 1.82) is 0 Å². The number of hydrogen-bond acceptors (Lipinski definition) is 1. The molecule has 0 saturated carbocycles. The van der Waals surface area contributed by atoms with E-state index in [0.29, 0.717) is 5.92 Å².